The molecule has 0 amide bonds. The number of piperazine rings is 1. The van der Waals surface area contributed by atoms with E-state index >= 15 is 0 Å². The van der Waals surface area contributed by atoms with E-state index in [4.69, 9.17) is 17.3 Å². The first-order chi connectivity index (χ1) is 13.2. The minimum atomic E-state index is 0.747. The molecule has 142 valence electrons. The fraction of sp³-hybridized carbons (Fsp3) is 0.400. The molecule has 0 aliphatic carbocycles. The van der Waals surface area contributed by atoms with E-state index in [1.807, 2.05) is 10.7 Å². The molecule has 0 bridgehead atoms. The highest BCUT2D eigenvalue weighted by Gasteiger charge is 2.19. The summed E-state index contributed by atoms with van der Waals surface area (Å²) >= 11 is 7.54. The topological polar surface area (TPSA) is 29.2 Å². The maximum Gasteiger partial charge on any atom is 0.199 e. The van der Waals surface area contributed by atoms with E-state index in [2.05, 4.69) is 63.1 Å². The number of nitrogens with zero attached hydrogens (tertiary/aromatic N) is 5. The SMILES string of the molecule is CCN1CCN(Cn2nc(-c3cccs3)n(Cc3ccccc3)c2=S)CC1. The van der Waals surface area contributed by atoms with Gasteiger partial charge < -0.3 is 4.90 Å². The zero-order valence-corrected chi connectivity index (χ0v) is 17.3. The van der Waals surface area contributed by atoms with E-state index in [-0.39, 0.29) is 0 Å². The first-order valence-corrected chi connectivity index (χ1v) is 10.7. The van der Waals surface area contributed by atoms with E-state index in [1.54, 1.807) is 11.3 Å². The Kier molecular flexibility index (Phi) is 5.83. The molecular weight excluding hydrogens is 374 g/mol. The summed E-state index contributed by atoms with van der Waals surface area (Å²) in [5, 5.41) is 7.00. The third-order valence-electron chi connectivity index (χ3n) is 5.09. The van der Waals surface area contributed by atoms with Crippen LogP contribution in [0.15, 0.2) is 47.8 Å². The fourth-order valence-electron chi connectivity index (χ4n) is 3.47. The van der Waals surface area contributed by atoms with Crippen molar-refractivity contribution in [3.05, 3.63) is 58.2 Å². The zero-order chi connectivity index (χ0) is 18.6. The third-order valence-corrected chi connectivity index (χ3v) is 6.39. The molecule has 7 heteroatoms. The van der Waals surface area contributed by atoms with Crippen LogP contribution >= 0.6 is 23.6 Å². The lowest BCUT2D eigenvalue weighted by atomic mass is 10.2. The fourth-order valence-corrected chi connectivity index (χ4v) is 4.43. The summed E-state index contributed by atoms with van der Waals surface area (Å²) in [6.07, 6.45) is 0. The quantitative estimate of drug-likeness (QED) is 0.590. The molecule has 0 saturated carbocycles. The van der Waals surface area contributed by atoms with Crippen LogP contribution < -0.4 is 0 Å². The van der Waals surface area contributed by atoms with E-state index in [9.17, 15) is 0 Å². The molecule has 0 N–H and O–H groups in total. The number of hydrogen-bond donors (Lipinski definition) is 0. The molecule has 27 heavy (non-hydrogen) atoms. The largest absolute Gasteiger partial charge is 0.301 e. The summed E-state index contributed by atoms with van der Waals surface area (Å²) in [5.74, 6) is 0.964. The van der Waals surface area contributed by atoms with E-state index in [0.717, 1.165) is 61.4 Å². The van der Waals surface area contributed by atoms with Crippen molar-refractivity contribution in [1.82, 2.24) is 24.1 Å². The molecule has 0 atom stereocenters. The monoisotopic (exact) mass is 399 g/mol. The van der Waals surface area contributed by atoms with Crippen LogP contribution in [0.2, 0.25) is 0 Å². The van der Waals surface area contributed by atoms with Gasteiger partial charge in [0, 0.05) is 26.2 Å². The molecule has 3 heterocycles. The van der Waals surface area contributed by atoms with Crippen molar-refractivity contribution < 1.29 is 0 Å². The molecule has 1 aliphatic heterocycles. The van der Waals surface area contributed by atoms with Gasteiger partial charge in [-0.05, 0) is 35.8 Å². The van der Waals surface area contributed by atoms with E-state index in [0.29, 0.717) is 0 Å². The van der Waals surface area contributed by atoms with Gasteiger partial charge in [-0.3, -0.25) is 9.47 Å². The Morgan fingerprint density at radius 2 is 1.74 bits per heavy atom. The van der Waals surface area contributed by atoms with E-state index < -0.39 is 0 Å². The second-order valence-electron chi connectivity index (χ2n) is 6.85. The van der Waals surface area contributed by atoms with Crippen LogP contribution in [0.4, 0.5) is 0 Å². The maximum atomic E-state index is 5.83. The Balaban J connectivity index is 1.61. The summed E-state index contributed by atoms with van der Waals surface area (Å²) in [7, 11) is 0. The summed E-state index contributed by atoms with van der Waals surface area (Å²) in [4.78, 5) is 6.09. The van der Waals surface area contributed by atoms with Crippen molar-refractivity contribution in [2.75, 3.05) is 32.7 Å². The van der Waals surface area contributed by atoms with Gasteiger partial charge in [0.05, 0.1) is 18.1 Å². The number of likely N-dealkylation sites (N-methyl/N-ethyl adjacent to an activating group) is 1. The highest BCUT2D eigenvalue weighted by atomic mass is 32.1. The van der Waals surface area contributed by atoms with Gasteiger partial charge in [-0.25, -0.2) is 4.68 Å². The van der Waals surface area contributed by atoms with Gasteiger partial charge in [-0.1, -0.05) is 43.3 Å². The lowest BCUT2D eigenvalue weighted by Gasteiger charge is -2.33. The molecule has 4 rings (SSSR count). The summed E-state index contributed by atoms with van der Waals surface area (Å²) in [6, 6.07) is 14.7. The maximum absolute atomic E-state index is 5.83. The average molecular weight is 400 g/mol. The Bertz CT molecular complexity index is 906. The van der Waals surface area contributed by atoms with Crippen LogP contribution in [0.5, 0.6) is 0 Å². The number of thiophene rings is 1. The molecule has 0 radical (unpaired) electrons. The first-order valence-electron chi connectivity index (χ1n) is 9.44. The van der Waals surface area contributed by atoms with Crippen LogP contribution in [-0.2, 0) is 13.2 Å². The minimum Gasteiger partial charge on any atom is -0.301 e. The molecule has 0 unspecified atom stereocenters. The molecular formula is C20H25N5S2. The minimum absolute atomic E-state index is 0.747. The highest BCUT2D eigenvalue weighted by Crippen LogP contribution is 2.24. The molecule has 5 nitrogen and oxygen atoms in total. The smallest absolute Gasteiger partial charge is 0.199 e. The van der Waals surface area contributed by atoms with Crippen molar-refractivity contribution in [3.63, 3.8) is 0 Å². The van der Waals surface area contributed by atoms with Crippen molar-refractivity contribution in [2.45, 2.75) is 20.1 Å². The number of hydrogen-bond acceptors (Lipinski definition) is 5. The Morgan fingerprint density at radius 1 is 1.00 bits per heavy atom. The average Bonchev–Trinajstić information content (AvgIpc) is 3.34. The Labute approximate surface area is 169 Å². The predicted molar refractivity (Wildman–Crippen MR) is 114 cm³/mol. The Morgan fingerprint density at radius 3 is 2.41 bits per heavy atom. The van der Waals surface area contributed by atoms with Crippen molar-refractivity contribution >= 4 is 23.6 Å². The number of aromatic nitrogens is 3. The summed E-state index contributed by atoms with van der Waals surface area (Å²) in [5.41, 5.74) is 1.24. The first kappa shape index (κ1) is 18.6. The van der Waals surface area contributed by atoms with Crippen LogP contribution in [0.3, 0.4) is 0 Å². The predicted octanol–water partition coefficient (Wildman–Crippen LogP) is 3.79. The van der Waals surface area contributed by atoms with Gasteiger partial charge >= 0.3 is 0 Å². The van der Waals surface area contributed by atoms with E-state index in [1.165, 1.54) is 5.56 Å². The van der Waals surface area contributed by atoms with Crippen molar-refractivity contribution in [2.24, 2.45) is 0 Å². The van der Waals surface area contributed by atoms with Crippen molar-refractivity contribution in [3.8, 4) is 10.7 Å². The van der Waals surface area contributed by atoms with Gasteiger partial charge in [-0.2, -0.15) is 0 Å². The lowest BCUT2D eigenvalue weighted by Crippen LogP contribution is -2.46. The van der Waals surface area contributed by atoms with Crippen LogP contribution in [0, 0.1) is 4.77 Å². The van der Waals surface area contributed by atoms with Gasteiger partial charge in [0.15, 0.2) is 10.6 Å². The van der Waals surface area contributed by atoms with Crippen LogP contribution in [0.1, 0.15) is 12.5 Å². The normalized spacial score (nSPS) is 16.0. The van der Waals surface area contributed by atoms with Gasteiger partial charge in [0.1, 0.15) is 0 Å². The van der Waals surface area contributed by atoms with Gasteiger partial charge in [0.25, 0.3) is 0 Å². The number of rotatable bonds is 6. The molecule has 1 aromatic carbocycles. The third kappa shape index (κ3) is 4.21. The molecule has 1 saturated heterocycles. The standard InChI is InChI=1S/C20H25N5S2/c1-2-22-10-12-23(13-11-22)16-25-20(26)24(15-17-7-4-3-5-8-17)19(21-25)18-9-6-14-27-18/h3-9,14H,2,10-13,15-16H2,1H3. The summed E-state index contributed by atoms with van der Waals surface area (Å²) < 4.78 is 4.95. The second kappa shape index (κ2) is 8.48. The molecule has 1 fully saturated rings. The zero-order valence-electron chi connectivity index (χ0n) is 15.6. The Hall–Kier alpha value is -1.80. The second-order valence-corrected chi connectivity index (χ2v) is 8.16. The van der Waals surface area contributed by atoms with Crippen LogP contribution in [0.25, 0.3) is 10.7 Å². The van der Waals surface area contributed by atoms with Gasteiger partial charge in [0.2, 0.25) is 0 Å². The van der Waals surface area contributed by atoms with Gasteiger partial charge in [-0.15, -0.1) is 16.4 Å². The molecule has 0 spiro atoms. The molecule has 3 aromatic rings. The molecule has 1 aliphatic rings. The van der Waals surface area contributed by atoms with Crippen molar-refractivity contribution in [1.29, 1.82) is 0 Å². The molecule has 2 aromatic heterocycles. The number of benzene rings is 1. The summed E-state index contributed by atoms with van der Waals surface area (Å²) in [6.45, 7) is 9.22. The highest BCUT2D eigenvalue weighted by molar-refractivity contribution is 7.71. The van der Waals surface area contributed by atoms with Crippen LogP contribution in [-0.4, -0.2) is 56.9 Å². The lowest BCUT2D eigenvalue weighted by molar-refractivity contribution is 0.106.